The molecule has 0 aromatic carbocycles. The molecule has 0 aliphatic heterocycles. The highest BCUT2D eigenvalue weighted by molar-refractivity contribution is 9.12. The Balaban J connectivity index is 2.04. The molecule has 17 heavy (non-hydrogen) atoms. The second-order valence-electron chi connectivity index (χ2n) is 4.82. The Bertz CT molecular complexity index is 360. The quantitative estimate of drug-likeness (QED) is 0.686. The van der Waals surface area contributed by atoms with Gasteiger partial charge in [0, 0.05) is 6.04 Å². The minimum Gasteiger partial charge on any atom is -0.310 e. The molecule has 1 fully saturated rings. The lowest BCUT2D eigenvalue weighted by Crippen LogP contribution is -2.26. The number of halogens is 2. The molecule has 1 saturated carbocycles. The summed E-state index contributed by atoms with van der Waals surface area (Å²) in [5.74, 6) is 0.940. The Hall–Kier alpha value is 0.620. The fourth-order valence-electron chi connectivity index (χ4n) is 2.29. The summed E-state index contributed by atoms with van der Waals surface area (Å²) in [4.78, 5) is 0. The molecule has 1 unspecified atom stereocenters. The smallest absolute Gasteiger partial charge is 0.0758 e. The fourth-order valence-corrected chi connectivity index (χ4v) is 5.27. The second-order valence-corrected chi connectivity index (χ2v) is 8.57. The van der Waals surface area contributed by atoms with Crippen molar-refractivity contribution in [2.24, 2.45) is 5.92 Å². The maximum absolute atomic E-state index is 3.69. The minimum atomic E-state index is 0.525. The van der Waals surface area contributed by atoms with Gasteiger partial charge in [-0.15, -0.1) is 11.3 Å². The number of thiophene rings is 1. The Kier molecular flexibility index (Phi) is 5.52. The van der Waals surface area contributed by atoms with Crippen molar-refractivity contribution in [1.29, 1.82) is 0 Å². The van der Waals surface area contributed by atoms with Crippen molar-refractivity contribution in [3.8, 4) is 0 Å². The van der Waals surface area contributed by atoms with Crippen LogP contribution in [0.1, 0.15) is 50.6 Å². The largest absolute Gasteiger partial charge is 0.310 e. The van der Waals surface area contributed by atoms with Crippen LogP contribution in [0.2, 0.25) is 0 Å². The lowest BCUT2D eigenvalue weighted by molar-refractivity contribution is 0.261. The van der Waals surface area contributed by atoms with Crippen LogP contribution in [0, 0.1) is 5.92 Å². The van der Waals surface area contributed by atoms with Crippen LogP contribution in [0.4, 0.5) is 0 Å². The van der Waals surface area contributed by atoms with E-state index >= 15 is 0 Å². The van der Waals surface area contributed by atoms with Gasteiger partial charge in [0.25, 0.3) is 0 Å². The maximum Gasteiger partial charge on any atom is 0.0758 e. The predicted octanol–water partition coefficient (Wildman–Crippen LogP) is 5.50. The highest BCUT2D eigenvalue weighted by Crippen LogP contribution is 2.40. The zero-order valence-corrected chi connectivity index (χ0v) is 14.1. The lowest BCUT2D eigenvalue weighted by Gasteiger charge is -2.30. The molecule has 96 valence electrons. The third-order valence-electron chi connectivity index (χ3n) is 3.49. The molecule has 0 radical (unpaired) electrons. The van der Waals surface area contributed by atoms with Gasteiger partial charge >= 0.3 is 0 Å². The molecule has 4 heteroatoms. The van der Waals surface area contributed by atoms with Gasteiger partial charge in [-0.25, -0.2) is 0 Å². The van der Waals surface area contributed by atoms with Crippen LogP contribution < -0.4 is 5.32 Å². The molecule has 1 atom stereocenters. The SMILES string of the molecule is CCCNC(CC1CCC1)c1cc(Br)sc1Br. The van der Waals surface area contributed by atoms with Crippen molar-refractivity contribution in [3.05, 3.63) is 19.2 Å². The van der Waals surface area contributed by atoms with Gasteiger partial charge in [0.15, 0.2) is 0 Å². The highest BCUT2D eigenvalue weighted by atomic mass is 79.9. The van der Waals surface area contributed by atoms with E-state index in [2.05, 4.69) is 50.2 Å². The van der Waals surface area contributed by atoms with E-state index < -0.39 is 0 Å². The van der Waals surface area contributed by atoms with E-state index in [1.54, 1.807) is 11.3 Å². The van der Waals surface area contributed by atoms with Gasteiger partial charge in [-0.05, 0) is 68.8 Å². The number of hydrogen-bond donors (Lipinski definition) is 1. The van der Waals surface area contributed by atoms with E-state index in [0.717, 1.165) is 12.5 Å². The molecule has 1 heterocycles. The maximum atomic E-state index is 3.69. The Morgan fingerprint density at radius 3 is 2.71 bits per heavy atom. The summed E-state index contributed by atoms with van der Waals surface area (Å²) in [6, 6.07) is 2.79. The molecule has 0 amide bonds. The number of rotatable bonds is 6. The molecule has 2 rings (SSSR count). The minimum absolute atomic E-state index is 0.525. The van der Waals surface area contributed by atoms with Crippen molar-refractivity contribution in [1.82, 2.24) is 5.32 Å². The summed E-state index contributed by atoms with van der Waals surface area (Å²) in [5.41, 5.74) is 1.43. The molecule has 1 nitrogen and oxygen atoms in total. The van der Waals surface area contributed by atoms with E-state index in [9.17, 15) is 0 Å². The van der Waals surface area contributed by atoms with E-state index in [-0.39, 0.29) is 0 Å². The van der Waals surface area contributed by atoms with Crippen LogP contribution >= 0.6 is 43.2 Å². The predicted molar refractivity (Wildman–Crippen MR) is 82.7 cm³/mol. The molecule has 0 bridgehead atoms. The Morgan fingerprint density at radius 1 is 1.47 bits per heavy atom. The third kappa shape index (κ3) is 3.79. The standard InChI is InChI=1S/C13H19Br2NS/c1-2-6-16-11(7-9-4-3-5-9)10-8-12(14)17-13(10)15/h8-9,11,16H,2-7H2,1H3. The molecule has 1 aliphatic carbocycles. The first kappa shape index (κ1) is 14.0. The zero-order chi connectivity index (χ0) is 12.3. The van der Waals surface area contributed by atoms with Gasteiger partial charge in [-0.1, -0.05) is 26.2 Å². The van der Waals surface area contributed by atoms with E-state index in [1.165, 1.54) is 45.2 Å². The van der Waals surface area contributed by atoms with E-state index in [0.29, 0.717) is 6.04 Å². The zero-order valence-electron chi connectivity index (χ0n) is 10.1. The second kappa shape index (κ2) is 6.69. The third-order valence-corrected chi connectivity index (χ3v) is 5.88. The van der Waals surface area contributed by atoms with Crippen molar-refractivity contribution in [2.45, 2.75) is 45.1 Å². The molecule has 1 aliphatic rings. The first-order valence-electron chi connectivity index (χ1n) is 6.38. The van der Waals surface area contributed by atoms with Crippen LogP contribution in [-0.4, -0.2) is 6.54 Å². The summed E-state index contributed by atoms with van der Waals surface area (Å²) in [7, 11) is 0. The van der Waals surface area contributed by atoms with E-state index in [4.69, 9.17) is 0 Å². The Labute approximate surface area is 125 Å². The molecular formula is C13H19Br2NS. The molecule has 0 spiro atoms. The van der Waals surface area contributed by atoms with Crippen molar-refractivity contribution >= 4 is 43.2 Å². The van der Waals surface area contributed by atoms with Crippen LogP contribution in [0.3, 0.4) is 0 Å². The number of hydrogen-bond acceptors (Lipinski definition) is 2. The van der Waals surface area contributed by atoms with E-state index in [1.807, 2.05) is 0 Å². The molecule has 1 aromatic rings. The van der Waals surface area contributed by atoms with Crippen molar-refractivity contribution in [3.63, 3.8) is 0 Å². The monoisotopic (exact) mass is 379 g/mol. The summed E-state index contributed by atoms with van der Waals surface area (Å²) in [6.45, 7) is 3.34. The molecule has 1 N–H and O–H groups in total. The van der Waals surface area contributed by atoms with Gasteiger partial charge < -0.3 is 5.32 Å². The van der Waals surface area contributed by atoms with Crippen LogP contribution in [-0.2, 0) is 0 Å². The molecule has 0 saturated heterocycles. The first-order valence-corrected chi connectivity index (χ1v) is 8.79. The lowest BCUT2D eigenvalue weighted by atomic mass is 9.80. The summed E-state index contributed by atoms with van der Waals surface area (Å²) >= 11 is 9.04. The van der Waals surface area contributed by atoms with Crippen LogP contribution in [0.5, 0.6) is 0 Å². The average molecular weight is 381 g/mol. The van der Waals surface area contributed by atoms with Gasteiger partial charge in [-0.3, -0.25) is 0 Å². The van der Waals surface area contributed by atoms with Crippen LogP contribution in [0.15, 0.2) is 13.6 Å². The van der Waals surface area contributed by atoms with Crippen LogP contribution in [0.25, 0.3) is 0 Å². The molecule has 1 aromatic heterocycles. The van der Waals surface area contributed by atoms with Crippen molar-refractivity contribution in [2.75, 3.05) is 6.54 Å². The van der Waals surface area contributed by atoms with Gasteiger partial charge in [0.2, 0.25) is 0 Å². The van der Waals surface area contributed by atoms with Crippen molar-refractivity contribution < 1.29 is 0 Å². The average Bonchev–Trinajstić information content (AvgIpc) is 2.56. The fraction of sp³-hybridized carbons (Fsp3) is 0.692. The summed E-state index contributed by atoms with van der Waals surface area (Å²) < 4.78 is 2.49. The highest BCUT2D eigenvalue weighted by Gasteiger charge is 2.24. The van der Waals surface area contributed by atoms with Gasteiger partial charge in [0.1, 0.15) is 0 Å². The summed E-state index contributed by atoms with van der Waals surface area (Å²) in [5, 5.41) is 3.69. The first-order chi connectivity index (χ1) is 8.20. The number of nitrogens with one attached hydrogen (secondary N) is 1. The molecular weight excluding hydrogens is 362 g/mol. The normalized spacial score (nSPS) is 18.1. The summed E-state index contributed by atoms with van der Waals surface area (Å²) in [6.07, 6.45) is 6.77. The Morgan fingerprint density at radius 2 is 2.24 bits per heavy atom. The topological polar surface area (TPSA) is 12.0 Å². The van der Waals surface area contributed by atoms with Gasteiger partial charge in [0.05, 0.1) is 7.57 Å². The van der Waals surface area contributed by atoms with Gasteiger partial charge in [-0.2, -0.15) is 0 Å².